The maximum atomic E-state index is 6.63. The summed E-state index contributed by atoms with van der Waals surface area (Å²) in [5, 5.41) is 4.71. The molecule has 0 radical (unpaired) electrons. The molecule has 11 aromatic rings. The van der Waals surface area contributed by atoms with Crippen molar-refractivity contribution in [1.82, 2.24) is 15.0 Å². The Hall–Kier alpha value is -7.21. The van der Waals surface area contributed by atoms with E-state index in [4.69, 9.17) is 19.4 Å². The van der Waals surface area contributed by atoms with Crippen LogP contribution in [0.3, 0.4) is 0 Å². The number of nitrogens with zero attached hydrogens (tertiary/aromatic N) is 3. The van der Waals surface area contributed by atoms with E-state index in [0.717, 1.165) is 55.3 Å². The van der Waals surface area contributed by atoms with Crippen LogP contribution in [0.2, 0.25) is 0 Å². The first kappa shape index (κ1) is 32.2. The zero-order valence-corrected chi connectivity index (χ0v) is 30.9. The number of fused-ring (bicyclic) bond motifs is 6. The minimum absolute atomic E-state index is 0.591. The monoisotopic (exact) mass is 733 g/mol. The van der Waals surface area contributed by atoms with E-state index in [0.29, 0.717) is 17.5 Å². The molecule has 0 saturated carbocycles. The van der Waals surface area contributed by atoms with Crippen LogP contribution in [0.1, 0.15) is 0 Å². The topological polar surface area (TPSA) is 51.8 Å². The minimum Gasteiger partial charge on any atom is -0.456 e. The van der Waals surface area contributed by atoms with Crippen LogP contribution in [0.4, 0.5) is 0 Å². The Morgan fingerprint density at radius 3 is 1.45 bits per heavy atom. The Morgan fingerprint density at radius 1 is 0.304 bits per heavy atom. The Morgan fingerprint density at radius 2 is 0.750 bits per heavy atom. The fourth-order valence-electron chi connectivity index (χ4n) is 7.76. The molecule has 0 N–H and O–H groups in total. The zero-order valence-electron chi connectivity index (χ0n) is 30.1. The van der Waals surface area contributed by atoms with Crippen molar-refractivity contribution < 1.29 is 4.42 Å². The molecular formula is C51H31N3OS. The van der Waals surface area contributed by atoms with Crippen LogP contribution in [0.15, 0.2) is 192 Å². The predicted molar refractivity (Wildman–Crippen MR) is 233 cm³/mol. The third kappa shape index (κ3) is 5.65. The van der Waals surface area contributed by atoms with Crippen LogP contribution < -0.4 is 0 Å². The highest BCUT2D eigenvalue weighted by atomic mass is 32.1. The molecule has 0 unspecified atom stereocenters. The van der Waals surface area contributed by atoms with Gasteiger partial charge in [-0.1, -0.05) is 146 Å². The summed E-state index contributed by atoms with van der Waals surface area (Å²) in [5.74, 6) is 1.83. The Labute approximate surface area is 327 Å². The van der Waals surface area contributed by atoms with Crippen LogP contribution in [0, 0.1) is 0 Å². The summed E-state index contributed by atoms with van der Waals surface area (Å²) in [6.45, 7) is 0. The van der Waals surface area contributed by atoms with Crippen LogP contribution in [-0.4, -0.2) is 15.0 Å². The Kier molecular flexibility index (Phi) is 7.64. The molecule has 0 saturated heterocycles. The minimum atomic E-state index is 0.591. The molecule has 11 rings (SSSR count). The van der Waals surface area contributed by atoms with Crippen molar-refractivity contribution in [3.8, 4) is 67.5 Å². The number of benzene rings is 8. The molecule has 4 nitrogen and oxygen atoms in total. The van der Waals surface area contributed by atoms with Gasteiger partial charge in [0.25, 0.3) is 0 Å². The molecule has 0 amide bonds. The zero-order chi connectivity index (χ0) is 37.0. The molecule has 0 aliphatic heterocycles. The van der Waals surface area contributed by atoms with Gasteiger partial charge >= 0.3 is 0 Å². The summed E-state index contributed by atoms with van der Waals surface area (Å²) in [7, 11) is 0. The standard InChI is InChI=1S/C51H31N3OS/c1-3-11-32(12-4-1)33-19-21-35(22-20-33)50-52-49(34-13-5-2-6-14-34)53-51(54-50)38-24-27-42-41-26-23-37(30-45(41)55-46(42)31-38)40-16-8-7-15-39(40)36-25-28-48-44(29-36)43-17-9-10-18-47(43)56-48/h1-31H. The van der Waals surface area contributed by atoms with Crippen molar-refractivity contribution in [3.63, 3.8) is 0 Å². The molecule has 5 heteroatoms. The fraction of sp³-hybridized carbons (Fsp3) is 0. The van der Waals surface area contributed by atoms with Gasteiger partial charge in [0.2, 0.25) is 0 Å². The van der Waals surface area contributed by atoms with E-state index in [1.807, 2.05) is 47.7 Å². The van der Waals surface area contributed by atoms with E-state index in [-0.39, 0.29) is 0 Å². The average Bonchev–Trinajstić information content (AvgIpc) is 3.84. The maximum absolute atomic E-state index is 6.63. The molecule has 0 bridgehead atoms. The highest BCUT2D eigenvalue weighted by Crippen LogP contribution is 2.41. The van der Waals surface area contributed by atoms with E-state index in [2.05, 4.69) is 152 Å². The number of hydrogen-bond acceptors (Lipinski definition) is 5. The first-order chi connectivity index (χ1) is 27.7. The molecular weight excluding hydrogens is 703 g/mol. The van der Waals surface area contributed by atoms with E-state index in [9.17, 15) is 0 Å². The van der Waals surface area contributed by atoms with Gasteiger partial charge in [-0.2, -0.15) is 0 Å². The molecule has 8 aromatic carbocycles. The Bertz CT molecular complexity index is 3240. The van der Waals surface area contributed by atoms with Gasteiger partial charge in [-0.25, -0.2) is 15.0 Å². The lowest BCUT2D eigenvalue weighted by atomic mass is 9.93. The maximum Gasteiger partial charge on any atom is 0.164 e. The Balaban J connectivity index is 0.981. The van der Waals surface area contributed by atoms with E-state index in [1.165, 1.54) is 36.9 Å². The number of thiophene rings is 1. The van der Waals surface area contributed by atoms with Crippen LogP contribution in [0.5, 0.6) is 0 Å². The molecule has 0 aliphatic rings. The molecule has 0 spiro atoms. The highest BCUT2D eigenvalue weighted by molar-refractivity contribution is 7.25. The van der Waals surface area contributed by atoms with Crippen molar-refractivity contribution in [2.24, 2.45) is 0 Å². The molecule has 0 fully saturated rings. The molecule has 3 heterocycles. The highest BCUT2D eigenvalue weighted by Gasteiger charge is 2.17. The van der Waals surface area contributed by atoms with Crippen LogP contribution >= 0.6 is 11.3 Å². The van der Waals surface area contributed by atoms with Crippen LogP contribution in [-0.2, 0) is 0 Å². The lowest BCUT2D eigenvalue weighted by molar-refractivity contribution is 0.669. The van der Waals surface area contributed by atoms with E-state index in [1.54, 1.807) is 0 Å². The van der Waals surface area contributed by atoms with Gasteiger partial charge in [-0.15, -0.1) is 11.3 Å². The molecule has 3 aromatic heterocycles. The van der Waals surface area contributed by atoms with Crippen molar-refractivity contribution >= 4 is 53.4 Å². The summed E-state index contributed by atoms with van der Waals surface area (Å²) in [6, 6.07) is 65.8. The summed E-state index contributed by atoms with van der Waals surface area (Å²) >= 11 is 1.84. The van der Waals surface area contributed by atoms with Crippen molar-refractivity contribution in [2.75, 3.05) is 0 Å². The van der Waals surface area contributed by atoms with Crippen molar-refractivity contribution in [2.45, 2.75) is 0 Å². The lowest BCUT2D eigenvalue weighted by Crippen LogP contribution is -2.00. The second-order valence-electron chi connectivity index (χ2n) is 14.0. The normalized spacial score (nSPS) is 11.6. The predicted octanol–water partition coefficient (Wildman–Crippen LogP) is 14.1. The first-order valence-electron chi connectivity index (χ1n) is 18.7. The third-order valence-electron chi connectivity index (χ3n) is 10.6. The first-order valence-corrected chi connectivity index (χ1v) is 19.5. The van der Waals surface area contributed by atoms with Gasteiger partial charge in [0.1, 0.15) is 11.2 Å². The summed E-state index contributed by atoms with van der Waals surface area (Å²) in [5.41, 5.74) is 11.3. The van der Waals surface area contributed by atoms with Crippen LogP contribution in [0.25, 0.3) is 110 Å². The summed E-state index contributed by atoms with van der Waals surface area (Å²) in [4.78, 5) is 15.0. The van der Waals surface area contributed by atoms with E-state index >= 15 is 0 Å². The quantitative estimate of drug-likeness (QED) is 0.171. The number of rotatable bonds is 6. The molecule has 0 aliphatic carbocycles. The fourth-order valence-corrected chi connectivity index (χ4v) is 8.84. The number of hydrogen-bond donors (Lipinski definition) is 0. The van der Waals surface area contributed by atoms with Gasteiger partial charge in [0.05, 0.1) is 0 Å². The number of furan rings is 1. The molecule has 262 valence electrons. The SMILES string of the molecule is c1ccc(-c2ccc(-c3nc(-c4ccccc4)nc(-c4ccc5c(c4)oc4cc(-c6ccccc6-c6ccc7sc8ccccc8c7c6)ccc45)n3)cc2)cc1. The second-order valence-corrected chi connectivity index (χ2v) is 15.1. The van der Waals surface area contributed by atoms with Gasteiger partial charge in [-0.3, -0.25) is 0 Å². The molecule has 56 heavy (non-hydrogen) atoms. The number of aromatic nitrogens is 3. The van der Waals surface area contributed by atoms with Crippen molar-refractivity contribution in [3.05, 3.63) is 188 Å². The van der Waals surface area contributed by atoms with Crippen molar-refractivity contribution in [1.29, 1.82) is 0 Å². The van der Waals surface area contributed by atoms with Gasteiger partial charge in [-0.05, 0) is 75.8 Å². The average molecular weight is 734 g/mol. The van der Waals surface area contributed by atoms with Gasteiger partial charge < -0.3 is 4.42 Å². The lowest BCUT2D eigenvalue weighted by Gasteiger charge is -2.11. The van der Waals surface area contributed by atoms with Gasteiger partial charge in [0, 0.05) is 47.6 Å². The van der Waals surface area contributed by atoms with Gasteiger partial charge in [0.15, 0.2) is 17.5 Å². The summed E-state index contributed by atoms with van der Waals surface area (Å²) in [6.07, 6.45) is 0. The largest absolute Gasteiger partial charge is 0.456 e. The second kappa shape index (κ2) is 13.3. The smallest absolute Gasteiger partial charge is 0.164 e. The third-order valence-corrected chi connectivity index (χ3v) is 11.7. The van der Waals surface area contributed by atoms with E-state index < -0.39 is 0 Å². The molecule has 0 atom stereocenters. The summed E-state index contributed by atoms with van der Waals surface area (Å²) < 4.78 is 9.25.